The largest absolute Gasteiger partial charge is 0.326 e. The van der Waals surface area contributed by atoms with Crippen LogP contribution in [0.5, 0.6) is 0 Å². The van der Waals surface area contributed by atoms with Gasteiger partial charge in [0, 0.05) is 30.1 Å². The zero-order valence-electron chi connectivity index (χ0n) is 12.2. The lowest BCUT2D eigenvalue weighted by Gasteiger charge is -2.24. The normalized spacial score (nSPS) is 17.3. The van der Waals surface area contributed by atoms with Crippen LogP contribution in [0.4, 0.5) is 5.69 Å². The van der Waals surface area contributed by atoms with E-state index in [2.05, 4.69) is 34.2 Å². The molecule has 0 spiro atoms. The highest BCUT2D eigenvalue weighted by atomic mass is 32.1. The zero-order chi connectivity index (χ0) is 14.7. The number of benzene rings is 1. The number of aryl methyl sites for hydroxylation is 1. The summed E-state index contributed by atoms with van der Waals surface area (Å²) in [6.45, 7) is 2.39. The van der Waals surface area contributed by atoms with Crippen molar-refractivity contribution in [3.63, 3.8) is 0 Å². The fourth-order valence-corrected chi connectivity index (χ4v) is 3.84. The average molecular weight is 300 g/mol. The van der Waals surface area contributed by atoms with Gasteiger partial charge in [-0.3, -0.25) is 4.79 Å². The van der Waals surface area contributed by atoms with E-state index in [1.54, 1.807) is 4.88 Å². The highest BCUT2D eigenvalue weighted by Gasteiger charge is 2.20. The Morgan fingerprint density at radius 2 is 2.10 bits per heavy atom. The summed E-state index contributed by atoms with van der Waals surface area (Å²) in [5.74, 6) is -0.0342. The van der Waals surface area contributed by atoms with E-state index in [1.807, 2.05) is 23.5 Å². The Labute approximate surface area is 129 Å². The molecule has 0 radical (unpaired) electrons. The van der Waals surface area contributed by atoms with Crippen molar-refractivity contribution in [2.75, 3.05) is 5.32 Å². The van der Waals surface area contributed by atoms with Crippen LogP contribution in [0, 0.1) is 0 Å². The van der Waals surface area contributed by atoms with Crippen molar-refractivity contribution in [1.29, 1.82) is 0 Å². The van der Waals surface area contributed by atoms with Gasteiger partial charge in [0.25, 0.3) is 0 Å². The molecule has 2 aromatic rings. The second-order valence-electron chi connectivity index (χ2n) is 5.50. The molecule has 1 heterocycles. The molecule has 3 nitrogen and oxygen atoms in total. The first-order valence-electron chi connectivity index (χ1n) is 7.38. The standard InChI is InChI=1S/C17H20N2OS/c1-12(20)19-14-7-5-13(6-8-14)11-18-16-3-2-4-17-15(16)9-10-21-17/h5-10,16,18H,2-4,11H2,1H3,(H,19,20). The van der Waals surface area contributed by atoms with E-state index in [1.165, 1.54) is 37.3 Å². The van der Waals surface area contributed by atoms with E-state index >= 15 is 0 Å². The van der Waals surface area contributed by atoms with Gasteiger partial charge in [-0.05, 0) is 54.0 Å². The fraction of sp³-hybridized carbons (Fsp3) is 0.353. The maximum absolute atomic E-state index is 11.0. The molecule has 0 saturated carbocycles. The molecular formula is C17H20N2OS. The van der Waals surface area contributed by atoms with E-state index in [-0.39, 0.29) is 5.91 Å². The van der Waals surface area contributed by atoms with Crippen molar-refractivity contribution < 1.29 is 4.79 Å². The molecule has 1 unspecified atom stereocenters. The van der Waals surface area contributed by atoms with Gasteiger partial charge < -0.3 is 10.6 Å². The first-order valence-corrected chi connectivity index (χ1v) is 8.26. The third kappa shape index (κ3) is 3.52. The number of anilines is 1. The number of hydrogen-bond acceptors (Lipinski definition) is 3. The van der Waals surface area contributed by atoms with E-state index in [9.17, 15) is 4.79 Å². The van der Waals surface area contributed by atoms with E-state index in [4.69, 9.17) is 0 Å². The number of thiophene rings is 1. The molecule has 4 heteroatoms. The molecule has 1 aromatic carbocycles. The predicted molar refractivity (Wildman–Crippen MR) is 87.6 cm³/mol. The molecule has 0 aliphatic heterocycles. The van der Waals surface area contributed by atoms with Crippen molar-refractivity contribution in [2.24, 2.45) is 0 Å². The molecule has 1 aliphatic rings. The van der Waals surface area contributed by atoms with Crippen LogP contribution in [-0.2, 0) is 17.8 Å². The molecule has 3 rings (SSSR count). The summed E-state index contributed by atoms with van der Waals surface area (Å²) in [6.07, 6.45) is 3.72. The van der Waals surface area contributed by atoms with Gasteiger partial charge >= 0.3 is 0 Å². The first-order chi connectivity index (χ1) is 10.2. The molecule has 0 fully saturated rings. The summed E-state index contributed by atoms with van der Waals surface area (Å²) in [7, 11) is 0. The number of carbonyl (C=O) groups excluding carboxylic acids is 1. The SMILES string of the molecule is CC(=O)Nc1ccc(CNC2CCCc3sccc32)cc1. The maximum Gasteiger partial charge on any atom is 0.221 e. The quantitative estimate of drug-likeness (QED) is 0.900. The Bertz CT molecular complexity index is 618. The lowest BCUT2D eigenvalue weighted by molar-refractivity contribution is -0.114. The predicted octanol–water partition coefficient (Wildman–Crippen LogP) is 3.87. The summed E-state index contributed by atoms with van der Waals surface area (Å²) in [4.78, 5) is 12.5. The Morgan fingerprint density at radius 3 is 2.86 bits per heavy atom. The third-order valence-electron chi connectivity index (χ3n) is 3.88. The smallest absolute Gasteiger partial charge is 0.221 e. The second-order valence-corrected chi connectivity index (χ2v) is 6.50. The van der Waals surface area contributed by atoms with Gasteiger partial charge in [0.05, 0.1) is 0 Å². The molecule has 1 amide bonds. The van der Waals surface area contributed by atoms with Crippen LogP contribution < -0.4 is 10.6 Å². The number of carbonyl (C=O) groups is 1. The van der Waals surface area contributed by atoms with Crippen molar-refractivity contribution in [2.45, 2.75) is 38.8 Å². The van der Waals surface area contributed by atoms with Crippen molar-refractivity contribution in [1.82, 2.24) is 5.32 Å². The first kappa shape index (κ1) is 14.3. The molecule has 0 saturated heterocycles. The summed E-state index contributed by atoms with van der Waals surface area (Å²) in [5, 5.41) is 8.65. The lowest BCUT2D eigenvalue weighted by atomic mass is 9.94. The van der Waals surface area contributed by atoms with E-state index in [0.29, 0.717) is 6.04 Å². The molecule has 110 valence electrons. The minimum Gasteiger partial charge on any atom is -0.326 e. The monoisotopic (exact) mass is 300 g/mol. The fourth-order valence-electron chi connectivity index (χ4n) is 2.85. The number of fused-ring (bicyclic) bond motifs is 1. The minimum atomic E-state index is -0.0342. The number of amides is 1. The summed E-state index contributed by atoms with van der Waals surface area (Å²) < 4.78 is 0. The number of rotatable bonds is 4. The number of nitrogens with one attached hydrogen (secondary N) is 2. The van der Waals surface area contributed by atoms with Crippen molar-refractivity contribution >= 4 is 22.9 Å². The van der Waals surface area contributed by atoms with Crippen LogP contribution in [0.25, 0.3) is 0 Å². The molecule has 1 aliphatic carbocycles. The summed E-state index contributed by atoms with van der Waals surface area (Å²) >= 11 is 1.88. The molecule has 2 N–H and O–H groups in total. The average Bonchev–Trinajstić information content (AvgIpc) is 2.95. The van der Waals surface area contributed by atoms with Gasteiger partial charge in [0.2, 0.25) is 5.91 Å². The summed E-state index contributed by atoms with van der Waals surface area (Å²) in [6, 6.07) is 10.8. The van der Waals surface area contributed by atoms with Crippen molar-refractivity contribution in [3.05, 3.63) is 51.7 Å². The van der Waals surface area contributed by atoms with Gasteiger partial charge in [-0.1, -0.05) is 12.1 Å². The van der Waals surface area contributed by atoms with Gasteiger partial charge in [-0.25, -0.2) is 0 Å². The highest BCUT2D eigenvalue weighted by Crippen LogP contribution is 2.33. The maximum atomic E-state index is 11.0. The highest BCUT2D eigenvalue weighted by molar-refractivity contribution is 7.10. The summed E-state index contributed by atoms with van der Waals surface area (Å²) in [5.41, 5.74) is 3.58. The molecule has 0 bridgehead atoms. The van der Waals surface area contributed by atoms with E-state index < -0.39 is 0 Å². The van der Waals surface area contributed by atoms with Crippen LogP contribution in [0.1, 0.15) is 41.8 Å². The Hall–Kier alpha value is -1.65. The zero-order valence-corrected chi connectivity index (χ0v) is 13.0. The van der Waals surface area contributed by atoms with Crippen LogP contribution in [0.2, 0.25) is 0 Å². The second kappa shape index (κ2) is 6.41. The molecule has 1 atom stereocenters. The van der Waals surface area contributed by atoms with Crippen LogP contribution in [-0.4, -0.2) is 5.91 Å². The van der Waals surface area contributed by atoms with Gasteiger partial charge in [-0.15, -0.1) is 11.3 Å². The van der Waals surface area contributed by atoms with Crippen LogP contribution >= 0.6 is 11.3 Å². The van der Waals surface area contributed by atoms with Crippen LogP contribution in [0.3, 0.4) is 0 Å². The minimum absolute atomic E-state index is 0.0342. The van der Waals surface area contributed by atoms with Gasteiger partial charge in [0.15, 0.2) is 0 Å². The van der Waals surface area contributed by atoms with Gasteiger partial charge in [-0.2, -0.15) is 0 Å². The van der Waals surface area contributed by atoms with Crippen molar-refractivity contribution in [3.8, 4) is 0 Å². The van der Waals surface area contributed by atoms with Gasteiger partial charge in [0.1, 0.15) is 0 Å². The Balaban J connectivity index is 1.60. The topological polar surface area (TPSA) is 41.1 Å². The Kier molecular flexibility index (Phi) is 4.36. The van der Waals surface area contributed by atoms with E-state index in [0.717, 1.165) is 12.2 Å². The molecular weight excluding hydrogens is 280 g/mol. The molecule has 1 aromatic heterocycles. The third-order valence-corrected chi connectivity index (χ3v) is 4.88. The lowest BCUT2D eigenvalue weighted by Crippen LogP contribution is -2.23. The number of hydrogen-bond donors (Lipinski definition) is 2. The van der Waals surface area contributed by atoms with Crippen LogP contribution in [0.15, 0.2) is 35.7 Å². The Morgan fingerprint density at radius 1 is 1.29 bits per heavy atom. The molecule has 21 heavy (non-hydrogen) atoms.